The van der Waals surface area contributed by atoms with Crippen LogP contribution in [0.1, 0.15) is 36.7 Å². The van der Waals surface area contributed by atoms with E-state index < -0.39 is 5.91 Å². The second-order valence-corrected chi connectivity index (χ2v) is 4.78. The van der Waals surface area contributed by atoms with Crippen LogP contribution in [0.2, 0.25) is 0 Å². The highest BCUT2D eigenvalue weighted by molar-refractivity contribution is 5.96. The van der Waals surface area contributed by atoms with Crippen molar-refractivity contribution in [1.29, 1.82) is 0 Å². The number of primary amides is 1. The van der Waals surface area contributed by atoms with Gasteiger partial charge in [-0.25, -0.2) is 0 Å². The van der Waals surface area contributed by atoms with Crippen LogP contribution >= 0.6 is 0 Å². The predicted molar refractivity (Wildman–Crippen MR) is 70.7 cm³/mol. The quantitative estimate of drug-likeness (QED) is 0.764. The van der Waals surface area contributed by atoms with Crippen LogP contribution in [-0.2, 0) is 9.53 Å². The van der Waals surface area contributed by atoms with Crippen molar-refractivity contribution in [3.8, 4) is 0 Å². The Morgan fingerprint density at radius 3 is 3.00 bits per heavy atom. The lowest BCUT2D eigenvalue weighted by Crippen LogP contribution is -2.33. The van der Waals surface area contributed by atoms with E-state index in [4.69, 9.17) is 10.5 Å². The SMILES string of the molecule is CCC1CC(C(=O)Nc2c[nH]c(C(N)=O)c2)CCO1. The number of ether oxygens (including phenoxy) is 1. The number of nitrogens with two attached hydrogens (primary N) is 1. The van der Waals surface area contributed by atoms with Crippen LogP contribution in [0.15, 0.2) is 12.3 Å². The molecule has 104 valence electrons. The summed E-state index contributed by atoms with van der Waals surface area (Å²) in [4.78, 5) is 25.8. The molecule has 4 N–H and O–H groups in total. The first-order chi connectivity index (χ1) is 9.10. The zero-order valence-electron chi connectivity index (χ0n) is 10.9. The van der Waals surface area contributed by atoms with Crippen LogP contribution in [-0.4, -0.2) is 29.5 Å². The number of carbonyl (C=O) groups is 2. The average Bonchev–Trinajstić information content (AvgIpc) is 2.87. The molecule has 1 fully saturated rings. The first kappa shape index (κ1) is 13.6. The molecule has 6 nitrogen and oxygen atoms in total. The third kappa shape index (κ3) is 3.35. The highest BCUT2D eigenvalue weighted by Gasteiger charge is 2.27. The van der Waals surface area contributed by atoms with E-state index in [0.717, 1.165) is 19.3 Å². The van der Waals surface area contributed by atoms with Crippen molar-refractivity contribution in [1.82, 2.24) is 4.98 Å². The zero-order valence-corrected chi connectivity index (χ0v) is 10.9. The summed E-state index contributed by atoms with van der Waals surface area (Å²) in [5.74, 6) is -0.611. The lowest BCUT2D eigenvalue weighted by molar-refractivity contribution is -0.124. The summed E-state index contributed by atoms with van der Waals surface area (Å²) in [7, 11) is 0. The van der Waals surface area contributed by atoms with Gasteiger partial charge in [0, 0.05) is 18.7 Å². The Morgan fingerprint density at radius 1 is 1.58 bits per heavy atom. The molecule has 0 bridgehead atoms. The Kier molecular flexibility index (Phi) is 4.21. The minimum atomic E-state index is -0.544. The highest BCUT2D eigenvalue weighted by atomic mass is 16.5. The van der Waals surface area contributed by atoms with Crippen LogP contribution in [0.5, 0.6) is 0 Å². The maximum absolute atomic E-state index is 12.1. The van der Waals surface area contributed by atoms with E-state index in [1.54, 1.807) is 6.20 Å². The van der Waals surface area contributed by atoms with Gasteiger partial charge in [0.25, 0.3) is 5.91 Å². The average molecular weight is 265 g/mol. The normalized spacial score (nSPS) is 23.0. The molecule has 2 heterocycles. The van der Waals surface area contributed by atoms with Gasteiger partial charge in [-0.05, 0) is 25.3 Å². The number of hydrogen-bond acceptors (Lipinski definition) is 3. The summed E-state index contributed by atoms with van der Waals surface area (Å²) >= 11 is 0. The number of carbonyl (C=O) groups excluding carboxylic acids is 2. The maximum atomic E-state index is 12.1. The minimum Gasteiger partial charge on any atom is -0.378 e. The molecule has 2 unspecified atom stereocenters. The van der Waals surface area contributed by atoms with Crippen LogP contribution in [0, 0.1) is 5.92 Å². The number of anilines is 1. The van der Waals surface area contributed by atoms with Crippen molar-refractivity contribution in [2.75, 3.05) is 11.9 Å². The van der Waals surface area contributed by atoms with Gasteiger partial charge in [0.2, 0.25) is 5.91 Å². The van der Waals surface area contributed by atoms with Crippen molar-refractivity contribution in [3.63, 3.8) is 0 Å². The lowest BCUT2D eigenvalue weighted by Gasteiger charge is -2.27. The number of H-pyrrole nitrogens is 1. The third-order valence-corrected chi connectivity index (χ3v) is 3.41. The summed E-state index contributed by atoms with van der Waals surface area (Å²) in [6.07, 6.45) is 4.12. The molecule has 2 rings (SSSR count). The lowest BCUT2D eigenvalue weighted by atomic mass is 9.93. The van der Waals surface area contributed by atoms with E-state index in [0.29, 0.717) is 12.3 Å². The molecular weight excluding hydrogens is 246 g/mol. The fourth-order valence-corrected chi connectivity index (χ4v) is 2.26. The molecule has 0 saturated carbocycles. The molecular formula is C13H19N3O3. The number of nitrogens with one attached hydrogen (secondary N) is 2. The molecule has 2 amide bonds. The molecule has 0 spiro atoms. The predicted octanol–water partition coefficient (Wildman–Crippen LogP) is 1.26. The second-order valence-electron chi connectivity index (χ2n) is 4.78. The molecule has 1 aromatic heterocycles. The monoisotopic (exact) mass is 265 g/mol. The van der Waals surface area contributed by atoms with Gasteiger partial charge >= 0.3 is 0 Å². The Hall–Kier alpha value is -1.82. The smallest absolute Gasteiger partial charge is 0.265 e. The molecule has 1 aromatic rings. The Balaban J connectivity index is 1.94. The number of hydrogen-bond donors (Lipinski definition) is 3. The van der Waals surface area contributed by atoms with E-state index in [9.17, 15) is 9.59 Å². The Bertz CT molecular complexity index is 469. The van der Waals surface area contributed by atoms with Gasteiger partial charge < -0.3 is 20.8 Å². The van der Waals surface area contributed by atoms with E-state index in [1.807, 2.05) is 0 Å². The Morgan fingerprint density at radius 2 is 2.37 bits per heavy atom. The maximum Gasteiger partial charge on any atom is 0.265 e. The zero-order chi connectivity index (χ0) is 13.8. The first-order valence-corrected chi connectivity index (χ1v) is 6.50. The molecule has 1 saturated heterocycles. The largest absolute Gasteiger partial charge is 0.378 e. The summed E-state index contributed by atoms with van der Waals surface area (Å²) in [5, 5.41) is 2.80. The molecule has 6 heteroatoms. The van der Waals surface area contributed by atoms with Gasteiger partial charge in [-0.15, -0.1) is 0 Å². The Labute approximate surface area is 111 Å². The first-order valence-electron chi connectivity index (χ1n) is 6.50. The standard InChI is InChI=1S/C13H19N3O3/c1-2-10-5-8(3-4-19-10)13(18)16-9-6-11(12(14)17)15-7-9/h6-8,10,15H,2-5H2,1H3,(H2,14,17)(H,16,18). The number of aromatic nitrogens is 1. The fraction of sp³-hybridized carbons (Fsp3) is 0.538. The van der Waals surface area contributed by atoms with E-state index in [1.165, 1.54) is 6.07 Å². The van der Waals surface area contributed by atoms with Crippen LogP contribution in [0.3, 0.4) is 0 Å². The van der Waals surface area contributed by atoms with Gasteiger partial charge in [-0.2, -0.15) is 0 Å². The summed E-state index contributed by atoms with van der Waals surface area (Å²) in [6.45, 7) is 2.67. The number of aromatic amines is 1. The van der Waals surface area contributed by atoms with E-state index >= 15 is 0 Å². The van der Waals surface area contributed by atoms with Gasteiger partial charge in [0.15, 0.2) is 0 Å². The molecule has 0 aromatic carbocycles. The molecule has 2 atom stereocenters. The third-order valence-electron chi connectivity index (χ3n) is 3.41. The second kappa shape index (κ2) is 5.88. The van der Waals surface area contributed by atoms with Crippen molar-refractivity contribution >= 4 is 17.5 Å². The number of amides is 2. The molecule has 0 radical (unpaired) electrons. The van der Waals surface area contributed by atoms with Gasteiger partial charge in [0.05, 0.1) is 11.8 Å². The molecule has 0 aliphatic carbocycles. The van der Waals surface area contributed by atoms with Crippen molar-refractivity contribution < 1.29 is 14.3 Å². The topological polar surface area (TPSA) is 97.2 Å². The van der Waals surface area contributed by atoms with Crippen molar-refractivity contribution in [2.24, 2.45) is 11.7 Å². The minimum absolute atomic E-state index is 0.0308. The molecule has 1 aliphatic heterocycles. The van der Waals surface area contributed by atoms with Gasteiger partial charge in [-0.1, -0.05) is 6.92 Å². The molecule has 19 heavy (non-hydrogen) atoms. The van der Waals surface area contributed by atoms with E-state index in [-0.39, 0.29) is 23.6 Å². The van der Waals surface area contributed by atoms with Gasteiger partial charge in [-0.3, -0.25) is 9.59 Å². The summed E-state index contributed by atoms with van der Waals surface area (Å²) < 4.78 is 5.55. The van der Waals surface area contributed by atoms with Crippen molar-refractivity contribution in [2.45, 2.75) is 32.3 Å². The number of rotatable bonds is 4. The van der Waals surface area contributed by atoms with Crippen LogP contribution < -0.4 is 11.1 Å². The molecule has 1 aliphatic rings. The summed E-state index contributed by atoms with van der Waals surface area (Å²) in [5.41, 5.74) is 5.99. The summed E-state index contributed by atoms with van der Waals surface area (Å²) in [6, 6.07) is 1.54. The van der Waals surface area contributed by atoms with Crippen LogP contribution in [0.25, 0.3) is 0 Å². The van der Waals surface area contributed by atoms with Gasteiger partial charge in [0.1, 0.15) is 5.69 Å². The van der Waals surface area contributed by atoms with Crippen molar-refractivity contribution in [3.05, 3.63) is 18.0 Å². The highest BCUT2D eigenvalue weighted by Crippen LogP contribution is 2.23. The van der Waals surface area contributed by atoms with E-state index in [2.05, 4.69) is 17.2 Å². The fourth-order valence-electron chi connectivity index (χ4n) is 2.26. The van der Waals surface area contributed by atoms with Crippen LogP contribution in [0.4, 0.5) is 5.69 Å².